The van der Waals surface area contributed by atoms with Crippen molar-refractivity contribution in [1.82, 2.24) is 29.5 Å². The van der Waals surface area contributed by atoms with Gasteiger partial charge in [-0.15, -0.1) is 10.2 Å². The fraction of sp³-hybridized carbons (Fsp3) is 0.231. The molecule has 0 amide bonds. The Morgan fingerprint density at radius 1 is 0.963 bits per heavy atom. The SMILES string of the molecule is Cn1nc(Br)nc1Br.Cn1nc(Br)nc1Oc1ccc(F)c(C(F)(F)F)c1. The van der Waals surface area contributed by atoms with Gasteiger partial charge in [0.25, 0.3) is 0 Å². The maximum atomic E-state index is 13.1. The van der Waals surface area contributed by atoms with Crippen LogP contribution in [0.25, 0.3) is 0 Å². The summed E-state index contributed by atoms with van der Waals surface area (Å²) in [7, 11) is 3.31. The van der Waals surface area contributed by atoms with Crippen LogP contribution in [0.2, 0.25) is 0 Å². The Bertz CT molecular complexity index is 923. The minimum Gasteiger partial charge on any atom is -0.424 e. The lowest BCUT2D eigenvalue weighted by Gasteiger charge is -2.10. The Hall–Kier alpha value is -1.54. The minimum atomic E-state index is -4.79. The van der Waals surface area contributed by atoms with Gasteiger partial charge in [-0.1, -0.05) is 0 Å². The van der Waals surface area contributed by atoms with E-state index in [1.165, 1.54) is 11.7 Å². The number of hydrogen-bond donors (Lipinski definition) is 0. The zero-order chi connectivity index (χ0) is 20.4. The Kier molecular flexibility index (Phi) is 6.97. The number of benzene rings is 1. The molecule has 1 aromatic carbocycles. The second-order valence-electron chi connectivity index (χ2n) is 4.80. The van der Waals surface area contributed by atoms with Crippen LogP contribution >= 0.6 is 47.8 Å². The molecule has 0 spiro atoms. The highest BCUT2D eigenvalue weighted by Crippen LogP contribution is 2.34. The van der Waals surface area contributed by atoms with Gasteiger partial charge in [0.2, 0.25) is 9.47 Å². The maximum absolute atomic E-state index is 13.1. The van der Waals surface area contributed by atoms with Gasteiger partial charge >= 0.3 is 12.2 Å². The van der Waals surface area contributed by atoms with Crippen LogP contribution in [0.4, 0.5) is 17.6 Å². The van der Waals surface area contributed by atoms with Crippen LogP contribution in [0, 0.1) is 5.82 Å². The average molecular weight is 581 g/mol. The molecule has 0 unspecified atom stereocenters. The van der Waals surface area contributed by atoms with Crippen molar-refractivity contribution in [3.8, 4) is 11.8 Å². The molecular formula is C13H9Br3F4N6O. The van der Waals surface area contributed by atoms with Crippen LogP contribution < -0.4 is 4.74 Å². The van der Waals surface area contributed by atoms with Crippen molar-refractivity contribution in [3.05, 3.63) is 43.8 Å². The molecule has 0 aliphatic rings. The number of alkyl halides is 3. The molecule has 0 radical (unpaired) electrons. The van der Waals surface area contributed by atoms with E-state index in [0.717, 1.165) is 10.8 Å². The summed E-state index contributed by atoms with van der Waals surface area (Å²) >= 11 is 9.28. The number of hydrogen-bond acceptors (Lipinski definition) is 5. The molecule has 0 saturated carbocycles. The molecule has 2 heterocycles. The van der Waals surface area contributed by atoms with Gasteiger partial charge < -0.3 is 4.74 Å². The van der Waals surface area contributed by atoms with Crippen molar-refractivity contribution < 1.29 is 22.3 Å². The van der Waals surface area contributed by atoms with Crippen molar-refractivity contribution >= 4 is 47.8 Å². The first-order valence-electron chi connectivity index (χ1n) is 6.80. The molecule has 0 bridgehead atoms. The lowest BCUT2D eigenvalue weighted by atomic mass is 10.2. The number of halogens is 7. The molecule has 3 aromatic rings. The van der Waals surface area contributed by atoms with Crippen LogP contribution in [0.5, 0.6) is 11.8 Å². The van der Waals surface area contributed by atoms with Gasteiger partial charge in [-0.05, 0) is 66.0 Å². The summed E-state index contributed by atoms with van der Waals surface area (Å²) in [6.45, 7) is 0. The molecule has 0 N–H and O–H groups in total. The van der Waals surface area contributed by atoms with Gasteiger partial charge in [0, 0.05) is 14.1 Å². The summed E-state index contributed by atoms with van der Waals surface area (Å²) in [6, 6.07) is 2.31. The Morgan fingerprint density at radius 2 is 1.56 bits per heavy atom. The summed E-state index contributed by atoms with van der Waals surface area (Å²) in [6.07, 6.45) is -4.79. The molecule has 0 aliphatic carbocycles. The topological polar surface area (TPSA) is 70.7 Å². The van der Waals surface area contributed by atoms with E-state index in [1.54, 1.807) is 4.68 Å². The van der Waals surface area contributed by atoms with E-state index in [0.29, 0.717) is 16.9 Å². The van der Waals surface area contributed by atoms with Crippen molar-refractivity contribution in [3.63, 3.8) is 0 Å². The monoisotopic (exact) mass is 578 g/mol. The average Bonchev–Trinajstić information content (AvgIpc) is 3.01. The van der Waals surface area contributed by atoms with Crippen LogP contribution in [0.1, 0.15) is 5.56 Å². The second kappa shape index (κ2) is 8.65. The van der Waals surface area contributed by atoms with E-state index in [9.17, 15) is 17.6 Å². The quantitative estimate of drug-likeness (QED) is 0.405. The summed E-state index contributed by atoms with van der Waals surface area (Å²) in [5, 5.41) is 7.68. The van der Waals surface area contributed by atoms with E-state index in [4.69, 9.17) is 4.74 Å². The van der Waals surface area contributed by atoms with Crippen molar-refractivity contribution in [2.75, 3.05) is 0 Å². The van der Waals surface area contributed by atoms with E-state index in [-0.39, 0.29) is 16.5 Å². The van der Waals surface area contributed by atoms with Crippen molar-refractivity contribution in [2.24, 2.45) is 14.1 Å². The van der Waals surface area contributed by atoms with Crippen molar-refractivity contribution in [1.29, 1.82) is 0 Å². The lowest BCUT2D eigenvalue weighted by molar-refractivity contribution is -0.140. The zero-order valence-electron chi connectivity index (χ0n) is 13.5. The molecule has 146 valence electrons. The van der Waals surface area contributed by atoms with Gasteiger partial charge in [-0.3, -0.25) is 0 Å². The van der Waals surface area contributed by atoms with Gasteiger partial charge in [0.15, 0.2) is 4.73 Å². The highest BCUT2D eigenvalue weighted by Gasteiger charge is 2.34. The minimum absolute atomic E-state index is 0.0217. The predicted octanol–water partition coefficient (Wildman–Crippen LogP) is 4.87. The van der Waals surface area contributed by atoms with E-state index in [2.05, 4.69) is 68.0 Å². The molecule has 2 aromatic heterocycles. The third-order valence-corrected chi connectivity index (χ3v) is 4.20. The number of ether oxygens (including phenoxy) is 1. The summed E-state index contributed by atoms with van der Waals surface area (Å²) in [4.78, 5) is 7.69. The molecule has 0 fully saturated rings. The first-order valence-corrected chi connectivity index (χ1v) is 9.18. The summed E-state index contributed by atoms with van der Waals surface area (Å²) in [5.74, 6) is -1.55. The van der Waals surface area contributed by atoms with Crippen LogP contribution in [-0.2, 0) is 20.3 Å². The van der Waals surface area contributed by atoms with E-state index < -0.39 is 17.6 Å². The normalized spacial score (nSPS) is 11.1. The second-order valence-corrected chi connectivity index (χ2v) is 6.93. The molecular weight excluding hydrogens is 572 g/mol. The van der Waals surface area contributed by atoms with E-state index in [1.807, 2.05) is 7.05 Å². The largest absolute Gasteiger partial charge is 0.424 e. The number of aromatic nitrogens is 6. The molecule has 0 atom stereocenters. The van der Waals surface area contributed by atoms with Gasteiger partial charge in [0.1, 0.15) is 11.6 Å². The summed E-state index contributed by atoms with van der Waals surface area (Å²) in [5.41, 5.74) is -1.40. The number of rotatable bonds is 2. The molecule has 27 heavy (non-hydrogen) atoms. The highest BCUT2D eigenvalue weighted by atomic mass is 79.9. The first-order chi connectivity index (χ1) is 12.5. The Morgan fingerprint density at radius 3 is 1.96 bits per heavy atom. The van der Waals surface area contributed by atoms with Crippen LogP contribution in [-0.4, -0.2) is 29.5 Å². The number of nitrogens with zero attached hydrogens (tertiary/aromatic N) is 6. The first kappa shape index (κ1) is 21.8. The Labute approximate surface area is 175 Å². The third-order valence-electron chi connectivity index (χ3n) is 2.83. The highest BCUT2D eigenvalue weighted by molar-refractivity contribution is 9.11. The summed E-state index contributed by atoms with van der Waals surface area (Å²) < 4.78 is 60.1. The van der Waals surface area contributed by atoms with Gasteiger partial charge in [-0.25, -0.2) is 13.8 Å². The predicted molar refractivity (Wildman–Crippen MR) is 96.6 cm³/mol. The fourth-order valence-corrected chi connectivity index (χ4v) is 2.94. The van der Waals surface area contributed by atoms with Gasteiger partial charge in [0.05, 0.1) is 5.56 Å². The maximum Gasteiger partial charge on any atom is 0.419 e. The lowest BCUT2D eigenvalue weighted by Crippen LogP contribution is -2.08. The van der Waals surface area contributed by atoms with Crippen LogP contribution in [0.15, 0.2) is 32.4 Å². The van der Waals surface area contributed by atoms with Crippen molar-refractivity contribution in [2.45, 2.75) is 6.18 Å². The third kappa shape index (κ3) is 5.97. The Balaban J connectivity index is 0.000000273. The van der Waals surface area contributed by atoms with Gasteiger partial charge in [-0.2, -0.15) is 23.1 Å². The number of aryl methyl sites for hydroxylation is 2. The molecule has 0 saturated heterocycles. The molecule has 3 rings (SSSR count). The van der Waals surface area contributed by atoms with E-state index >= 15 is 0 Å². The molecule has 0 aliphatic heterocycles. The molecule has 14 heteroatoms. The standard InChI is InChI=1S/C10H6BrF4N3O.C3H3Br2N3/c1-18-9(16-8(11)17-18)19-5-2-3-7(12)6(4-5)10(13,14)15;1-8-3(5)6-2(4)7-8/h2-4H,1H3;1H3. The smallest absolute Gasteiger partial charge is 0.419 e. The molecule has 7 nitrogen and oxygen atoms in total. The zero-order valence-corrected chi connectivity index (χ0v) is 18.2. The van der Waals surface area contributed by atoms with Crippen LogP contribution in [0.3, 0.4) is 0 Å². The fourth-order valence-electron chi connectivity index (χ4n) is 1.66.